The molecule has 3 nitrogen and oxygen atoms in total. The summed E-state index contributed by atoms with van der Waals surface area (Å²) < 4.78 is 0. The Kier molecular flexibility index (Phi) is 3.57. The maximum absolute atomic E-state index is 9.86. The minimum atomic E-state index is 0.0733. The van der Waals surface area contributed by atoms with Crippen LogP contribution < -0.4 is 5.32 Å². The first-order valence-corrected chi connectivity index (χ1v) is 6.65. The lowest BCUT2D eigenvalue weighted by Gasteiger charge is -2.51. The quantitative estimate of drug-likeness (QED) is 0.743. The summed E-state index contributed by atoms with van der Waals surface area (Å²) in [5.74, 6) is 0. The number of piperazine rings is 1. The third-order valence-electron chi connectivity index (χ3n) is 4.39. The molecule has 16 heavy (non-hydrogen) atoms. The van der Waals surface area contributed by atoms with Gasteiger partial charge in [-0.15, -0.1) is 0 Å². The summed E-state index contributed by atoms with van der Waals surface area (Å²) in [6, 6.07) is 0. The van der Waals surface area contributed by atoms with Gasteiger partial charge in [-0.1, -0.05) is 20.3 Å². The molecule has 1 saturated carbocycles. The molecule has 2 N–H and O–H groups in total. The second-order valence-electron chi connectivity index (χ2n) is 6.31. The Labute approximate surface area is 99.2 Å². The Morgan fingerprint density at radius 1 is 1.19 bits per heavy atom. The summed E-state index contributed by atoms with van der Waals surface area (Å²) in [6.45, 7) is 9.35. The predicted molar refractivity (Wildman–Crippen MR) is 66.5 cm³/mol. The van der Waals surface area contributed by atoms with E-state index in [4.69, 9.17) is 0 Å². The van der Waals surface area contributed by atoms with Crippen molar-refractivity contribution in [3.8, 4) is 0 Å². The van der Waals surface area contributed by atoms with Gasteiger partial charge in [-0.2, -0.15) is 0 Å². The topological polar surface area (TPSA) is 35.5 Å². The Hall–Kier alpha value is -0.120. The van der Waals surface area contributed by atoms with Crippen molar-refractivity contribution >= 4 is 0 Å². The zero-order valence-corrected chi connectivity index (χ0v) is 10.8. The lowest BCUT2D eigenvalue weighted by molar-refractivity contribution is -0.0397. The first-order valence-electron chi connectivity index (χ1n) is 6.65. The molecule has 2 aliphatic rings. The smallest absolute Gasteiger partial charge is 0.0615 e. The van der Waals surface area contributed by atoms with Gasteiger partial charge in [0.25, 0.3) is 0 Å². The lowest BCUT2D eigenvalue weighted by atomic mass is 9.67. The van der Waals surface area contributed by atoms with E-state index in [2.05, 4.69) is 24.1 Å². The van der Waals surface area contributed by atoms with E-state index >= 15 is 0 Å². The van der Waals surface area contributed by atoms with Crippen LogP contribution in [0.25, 0.3) is 0 Å². The highest BCUT2D eigenvalue weighted by Crippen LogP contribution is 2.43. The van der Waals surface area contributed by atoms with Crippen molar-refractivity contribution in [2.45, 2.75) is 45.1 Å². The van der Waals surface area contributed by atoms with E-state index in [0.717, 1.165) is 32.6 Å². The molecule has 0 aromatic rings. The van der Waals surface area contributed by atoms with Gasteiger partial charge in [-0.3, -0.25) is 4.90 Å². The van der Waals surface area contributed by atoms with Crippen LogP contribution in [0.5, 0.6) is 0 Å². The van der Waals surface area contributed by atoms with E-state index in [-0.39, 0.29) is 5.54 Å². The van der Waals surface area contributed by atoms with Crippen LogP contribution in [0.3, 0.4) is 0 Å². The van der Waals surface area contributed by atoms with E-state index in [0.29, 0.717) is 12.0 Å². The van der Waals surface area contributed by atoms with Crippen molar-refractivity contribution in [2.24, 2.45) is 5.41 Å². The molecular weight excluding hydrogens is 200 g/mol. The van der Waals surface area contributed by atoms with Gasteiger partial charge in [0.1, 0.15) is 0 Å². The van der Waals surface area contributed by atoms with E-state index in [1.165, 1.54) is 19.3 Å². The van der Waals surface area contributed by atoms with Gasteiger partial charge >= 0.3 is 0 Å². The fourth-order valence-electron chi connectivity index (χ4n) is 3.61. The molecule has 1 aliphatic carbocycles. The van der Waals surface area contributed by atoms with Crippen LogP contribution in [-0.4, -0.2) is 48.3 Å². The van der Waals surface area contributed by atoms with Crippen LogP contribution in [-0.2, 0) is 0 Å². The molecule has 1 unspecified atom stereocenters. The van der Waals surface area contributed by atoms with Gasteiger partial charge in [0.15, 0.2) is 0 Å². The molecule has 1 atom stereocenters. The summed E-state index contributed by atoms with van der Waals surface area (Å²) >= 11 is 0. The fourth-order valence-corrected chi connectivity index (χ4v) is 3.61. The second kappa shape index (κ2) is 4.63. The maximum Gasteiger partial charge on any atom is 0.0615 e. The monoisotopic (exact) mass is 226 g/mol. The fraction of sp³-hybridized carbons (Fsp3) is 1.00. The largest absolute Gasteiger partial charge is 0.394 e. The van der Waals surface area contributed by atoms with Crippen LogP contribution in [0, 0.1) is 5.41 Å². The molecule has 2 rings (SSSR count). The molecule has 1 saturated heterocycles. The Bertz CT molecular complexity index is 236. The molecule has 0 spiro atoms. The summed E-state index contributed by atoms with van der Waals surface area (Å²) in [5, 5.41) is 13.3. The molecular formula is C13H26N2O. The number of aliphatic hydroxyl groups is 1. The van der Waals surface area contributed by atoms with Crippen molar-refractivity contribution < 1.29 is 5.11 Å². The molecule has 0 amide bonds. The van der Waals surface area contributed by atoms with Gasteiger partial charge < -0.3 is 10.4 Å². The summed E-state index contributed by atoms with van der Waals surface area (Å²) in [4.78, 5) is 2.53. The Balaban J connectivity index is 2.10. The molecule has 94 valence electrons. The van der Waals surface area contributed by atoms with Crippen LogP contribution in [0.1, 0.15) is 39.5 Å². The highest BCUT2D eigenvalue weighted by Gasteiger charge is 2.43. The molecule has 1 heterocycles. The number of nitrogens with zero attached hydrogens (tertiary/aromatic N) is 1. The molecule has 0 aromatic carbocycles. The van der Waals surface area contributed by atoms with E-state index < -0.39 is 0 Å². The molecule has 0 bridgehead atoms. The molecule has 3 heteroatoms. The third-order valence-corrected chi connectivity index (χ3v) is 4.39. The third kappa shape index (κ3) is 2.41. The highest BCUT2D eigenvalue weighted by molar-refractivity contribution is 4.99. The molecule has 0 aromatic heterocycles. The predicted octanol–water partition coefficient (Wildman–Crippen LogP) is 1.22. The van der Waals surface area contributed by atoms with Crippen molar-refractivity contribution in [2.75, 3.05) is 32.8 Å². The second-order valence-corrected chi connectivity index (χ2v) is 6.31. The molecule has 0 radical (unpaired) electrons. The summed E-state index contributed by atoms with van der Waals surface area (Å²) in [5.41, 5.74) is 0.468. The normalized spacial score (nSPS) is 36.2. The summed E-state index contributed by atoms with van der Waals surface area (Å²) in [6.07, 6.45) is 4.89. The van der Waals surface area contributed by atoms with Crippen molar-refractivity contribution in [1.82, 2.24) is 10.2 Å². The number of nitrogens with one attached hydrogen (secondary N) is 1. The van der Waals surface area contributed by atoms with E-state index in [9.17, 15) is 5.11 Å². The van der Waals surface area contributed by atoms with E-state index in [1.54, 1.807) is 0 Å². The van der Waals surface area contributed by atoms with Crippen LogP contribution in [0.2, 0.25) is 0 Å². The zero-order valence-electron chi connectivity index (χ0n) is 10.8. The van der Waals surface area contributed by atoms with Gasteiger partial charge in [-0.25, -0.2) is 0 Å². The number of hydrogen-bond acceptors (Lipinski definition) is 3. The van der Waals surface area contributed by atoms with E-state index in [1.807, 2.05) is 0 Å². The highest BCUT2D eigenvalue weighted by atomic mass is 16.3. The van der Waals surface area contributed by atoms with Crippen LogP contribution >= 0.6 is 0 Å². The van der Waals surface area contributed by atoms with Gasteiger partial charge in [0.2, 0.25) is 0 Å². The van der Waals surface area contributed by atoms with Crippen molar-refractivity contribution in [3.63, 3.8) is 0 Å². The Morgan fingerprint density at radius 2 is 1.88 bits per heavy atom. The molecule has 2 fully saturated rings. The average Bonchev–Trinajstić information content (AvgIpc) is 2.29. The standard InChI is InChI=1S/C13H26N2O/c1-12(2)4-3-5-13(10-12,11-16)15-8-6-14-7-9-15/h14,16H,3-11H2,1-2H3. The lowest BCUT2D eigenvalue weighted by Crippen LogP contribution is -2.60. The minimum absolute atomic E-state index is 0.0733. The average molecular weight is 226 g/mol. The van der Waals surface area contributed by atoms with Gasteiger partial charge in [0, 0.05) is 31.7 Å². The first kappa shape index (κ1) is 12.3. The van der Waals surface area contributed by atoms with Crippen molar-refractivity contribution in [3.05, 3.63) is 0 Å². The van der Waals surface area contributed by atoms with Gasteiger partial charge in [-0.05, 0) is 24.7 Å². The first-order chi connectivity index (χ1) is 7.58. The number of hydrogen-bond donors (Lipinski definition) is 2. The number of rotatable bonds is 2. The summed E-state index contributed by atoms with van der Waals surface area (Å²) in [7, 11) is 0. The maximum atomic E-state index is 9.86. The minimum Gasteiger partial charge on any atom is -0.394 e. The zero-order chi connectivity index (χ0) is 11.6. The van der Waals surface area contributed by atoms with Crippen LogP contribution in [0.4, 0.5) is 0 Å². The number of aliphatic hydroxyl groups excluding tert-OH is 1. The Morgan fingerprint density at radius 3 is 2.44 bits per heavy atom. The van der Waals surface area contributed by atoms with Crippen LogP contribution in [0.15, 0.2) is 0 Å². The molecule has 1 aliphatic heterocycles. The SMILES string of the molecule is CC1(C)CCCC(CO)(N2CCNCC2)C1. The van der Waals surface area contributed by atoms with Gasteiger partial charge in [0.05, 0.1) is 6.61 Å². The van der Waals surface area contributed by atoms with Crippen molar-refractivity contribution in [1.29, 1.82) is 0 Å².